The number of aromatic nitrogens is 2. The Kier molecular flexibility index (Phi) is 4.59. The van der Waals surface area contributed by atoms with Gasteiger partial charge in [-0.15, -0.1) is 0 Å². The summed E-state index contributed by atoms with van der Waals surface area (Å²) in [5.74, 6) is -0.188. The van der Waals surface area contributed by atoms with Gasteiger partial charge in [0.25, 0.3) is 5.91 Å². The first kappa shape index (κ1) is 15.0. The maximum Gasteiger partial charge on any atom is 0.291 e. The van der Waals surface area contributed by atoms with E-state index in [4.69, 9.17) is 4.74 Å². The summed E-state index contributed by atoms with van der Waals surface area (Å²) in [5, 5.41) is 17.7. The zero-order valence-corrected chi connectivity index (χ0v) is 13.0. The lowest BCUT2D eigenvalue weighted by molar-refractivity contribution is 0.0949. The lowest BCUT2D eigenvalue weighted by Crippen LogP contribution is -2.18. The van der Waals surface area contributed by atoms with Gasteiger partial charge < -0.3 is 9.84 Å². The third kappa shape index (κ3) is 3.60. The Balaban J connectivity index is 2.11. The van der Waals surface area contributed by atoms with Gasteiger partial charge in [-0.2, -0.15) is 10.2 Å². The molecule has 0 atom stereocenters. The number of benzene rings is 1. The van der Waals surface area contributed by atoms with Gasteiger partial charge in [-0.05, 0) is 18.2 Å². The van der Waals surface area contributed by atoms with Crippen LogP contribution in [0.5, 0.6) is 11.5 Å². The fourth-order valence-electron chi connectivity index (χ4n) is 1.60. The average molecular weight is 353 g/mol. The highest BCUT2D eigenvalue weighted by Gasteiger charge is 2.09. The standard InChI is InChI=1S/C13H13BrN4O3/c1-18-4-3-10(17-18)13(20)16-15-7-8-5-9(14)6-11(21-2)12(8)19/h3-7,19H,1-2H3,(H,16,20)/b15-7-. The molecule has 1 aromatic carbocycles. The van der Waals surface area contributed by atoms with Gasteiger partial charge in [0.2, 0.25) is 0 Å². The van der Waals surface area contributed by atoms with Crippen molar-refractivity contribution in [2.45, 2.75) is 0 Å². The van der Waals surface area contributed by atoms with Gasteiger partial charge in [-0.3, -0.25) is 9.48 Å². The Morgan fingerprint density at radius 1 is 1.57 bits per heavy atom. The van der Waals surface area contributed by atoms with Crippen LogP contribution in [0.1, 0.15) is 16.1 Å². The number of ether oxygens (including phenoxy) is 1. The summed E-state index contributed by atoms with van der Waals surface area (Å²) in [7, 11) is 3.16. The summed E-state index contributed by atoms with van der Waals surface area (Å²) < 4.78 is 7.26. The minimum Gasteiger partial charge on any atom is -0.504 e. The molecule has 21 heavy (non-hydrogen) atoms. The lowest BCUT2D eigenvalue weighted by atomic mass is 10.2. The first-order valence-corrected chi connectivity index (χ1v) is 6.70. The number of aromatic hydroxyl groups is 1. The maximum absolute atomic E-state index is 11.7. The SMILES string of the molecule is COc1cc(Br)cc(/C=N\NC(=O)c2ccn(C)n2)c1O. The molecule has 0 spiro atoms. The highest BCUT2D eigenvalue weighted by atomic mass is 79.9. The van der Waals surface area contributed by atoms with Gasteiger partial charge in [0.1, 0.15) is 0 Å². The topological polar surface area (TPSA) is 88.7 Å². The molecule has 2 aromatic rings. The van der Waals surface area contributed by atoms with Gasteiger partial charge in [0, 0.05) is 23.3 Å². The molecule has 0 unspecified atom stereocenters. The smallest absolute Gasteiger partial charge is 0.291 e. The zero-order chi connectivity index (χ0) is 15.4. The largest absolute Gasteiger partial charge is 0.504 e. The molecule has 7 nitrogen and oxygen atoms in total. The normalized spacial score (nSPS) is 10.8. The Morgan fingerprint density at radius 3 is 2.95 bits per heavy atom. The van der Waals surface area contributed by atoms with Gasteiger partial charge in [-0.1, -0.05) is 15.9 Å². The van der Waals surface area contributed by atoms with Crippen molar-refractivity contribution >= 4 is 28.1 Å². The molecule has 0 radical (unpaired) electrons. The summed E-state index contributed by atoms with van der Waals surface area (Å²) >= 11 is 3.30. The first-order valence-electron chi connectivity index (χ1n) is 5.91. The number of halogens is 1. The predicted molar refractivity (Wildman–Crippen MR) is 80.6 cm³/mol. The molecule has 0 aliphatic heterocycles. The minimum atomic E-state index is -0.437. The summed E-state index contributed by atoms with van der Waals surface area (Å²) in [4.78, 5) is 11.7. The number of carbonyl (C=O) groups is 1. The monoisotopic (exact) mass is 352 g/mol. The lowest BCUT2D eigenvalue weighted by Gasteiger charge is -2.06. The van der Waals surface area contributed by atoms with Crippen LogP contribution in [0.3, 0.4) is 0 Å². The van der Waals surface area contributed by atoms with E-state index in [9.17, 15) is 9.90 Å². The van der Waals surface area contributed by atoms with Gasteiger partial charge in [-0.25, -0.2) is 5.43 Å². The fourth-order valence-corrected chi connectivity index (χ4v) is 2.06. The Labute approximate surface area is 129 Å². The molecule has 0 saturated heterocycles. The van der Waals surface area contributed by atoms with Crippen LogP contribution in [0.4, 0.5) is 0 Å². The van der Waals surface area contributed by atoms with E-state index in [0.717, 1.165) is 4.47 Å². The quantitative estimate of drug-likeness (QED) is 0.646. The van der Waals surface area contributed by atoms with Crippen LogP contribution in [0.15, 0.2) is 34.0 Å². The molecule has 0 saturated carbocycles. The Hall–Kier alpha value is -2.35. The highest BCUT2D eigenvalue weighted by molar-refractivity contribution is 9.10. The minimum absolute atomic E-state index is 0.0588. The molecular weight excluding hydrogens is 340 g/mol. The summed E-state index contributed by atoms with van der Waals surface area (Å²) in [6.45, 7) is 0. The molecular formula is C13H13BrN4O3. The second kappa shape index (κ2) is 6.40. The Morgan fingerprint density at radius 2 is 2.33 bits per heavy atom. The highest BCUT2D eigenvalue weighted by Crippen LogP contribution is 2.32. The third-order valence-electron chi connectivity index (χ3n) is 2.61. The molecule has 0 aliphatic carbocycles. The van der Waals surface area contributed by atoms with Crippen LogP contribution in [0, 0.1) is 0 Å². The van der Waals surface area contributed by atoms with Crippen LogP contribution in [-0.2, 0) is 7.05 Å². The van der Waals surface area contributed by atoms with Crippen molar-refractivity contribution in [2.24, 2.45) is 12.1 Å². The number of nitrogens with one attached hydrogen (secondary N) is 1. The number of methoxy groups -OCH3 is 1. The average Bonchev–Trinajstić information content (AvgIpc) is 2.88. The number of carbonyl (C=O) groups excluding carboxylic acids is 1. The second-order valence-electron chi connectivity index (χ2n) is 4.12. The maximum atomic E-state index is 11.7. The molecule has 2 N–H and O–H groups in total. The Bertz CT molecular complexity index is 697. The number of phenols is 1. The molecule has 2 rings (SSSR count). The molecule has 110 valence electrons. The predicted octanol–water partition coefficient (Wildman–Crippen LogP) is 1.66. The number of hydrazone groups is 1. The van der Waals surface area contributed by atoms with E-state index in [2.05, 4.69) is 31.6 Å². The van der Waals surface area contributed by atoms with Crippen molar-refractivity contribution in [1.29, 1.82) is 0 Å². The number of hydrogen-bond donors (Lipinski definition) is 2. The van der Waals surface area contributed by atoms with Crippen LogP contribution in [-0.4, -0.2) is 34.1 Å². The van der Waals surface area contributed by atoms with Crippen molar-refractivity contribution in [3.8, 4) is 11.5 Å². The van der Waals surface area contributed by atoms with Crippen molar-refractivity contribution in [3.05, 3.63) is 40.1 Å². The molecule has 1 amide bonds. The summed E-state index contributed by atoms with van der Waals surface area (Å²) in [5.41, 5.74) is 2.99. The molecule has 8 heteroatoms. The summed E-state index contributed by atoms with van der Waals surface area (Å²) in [6.07, 6.45) is 2.98. The van der Waals surface area contributed by atoms with Crippen LogP contribution < -0.4 is 10.2 Å². The third-order valence-corrected chi connectivity index (χ3v) is 3.06. The molecule has 0 bridgehead atoms. The number of hydrogen-bond acceptors (Lipinski definition) is 5. The number of amides is 1. The molecule has 0 fully saturated rings. The number of rotatable bonds is 4. The van der Waals surface area contributed by atoms with E-state index in [0.29, 0.717) is 11.3 Å². The van der Waals surface area contributed by atoms with Crippen LogP contribution in [0.2, 0.25) is 0 Å². The molecule has 1 aromatic heterocycles. The first-order chi connectivity index (χ1) is 10.0. The van der Waals surface area contributed by atoms with E-state index in [1.54, 1.807) is 31.4 Å². The number of nitrogens with zero attached hydrogens (tertiary/aromatic N) is 3. The van der Waals surface area contributed by atoms with Gasteiger partial charge >= 0.3 is 0 Å². The van der Waals surface area contributed by atoms with E-state index in [1.807, 2.05) is 0 Å². The van der Waals surface area contributed by atoms with Crippen molar-refractivity contribution in [1.82, 2.24) is 15.2 Å². The van der Waals surface area contributed by atoms with Crippen LogP contribution in [0.25, 0.3) is 0 Å². The summed E-state index contributed by atoms with van der Waals surface area (Å²) in [6, 6.07) is 4.85. The van der Waals surface area contributed by atoms with Crippen molar-refractivity contribution in [2.75, 3.05) is 7.11 Å². The number of aryl methyl sites for hydroxylation is 1. The fraction of sp³-hybridized carbons (Fsp3) is 0.154. The number of phenolic OH excluding ortho intramolecular Hbond substituents is 1. The zero-order valence-electron chi connectivity index (χ0n) is 11.4. The second-order valence-corrected chi connectivity index (χ2v) is 5.04. The van der Waals surface area contributed by atoms with E-state index in [-0.39, 0.29) is 11.4 Å². The molecule has 0 aliphatic rings. The van der Waals surface area contributed by atoms with E-state index >= 15 is 0 Å². The van der Waals surface area contributed by atoms with Crippen molar-refractivity contribution in [3.63, 3.8) is 0 Å². The van der Waals surface area contributed by atoms with E-state index < -0.39 is 5.91 Å². The van der Waals surface area contributed by atoms with E-state index in [1.165, 1.54) is 18.0 Å². The van der Waals surface area contributed by atoms with Crippen LogP contribution >= 0.6 is 15.9 Å². The molecule has 1 heterocycles. The van der Waals surface area contributed by atoms with Crippen molar-refractivity contribution < 1.29 is 14.6 Å². The van der Waals surface area contributed by atoms with Gasteiger partial charge in [0.15, 0.2) is 17.2 Å². The van der Waals surface area contributed by atoms with Gasteiger partial charge in [0.05, 0.1) is 13.3 Å².